The number of esters is 1. The number of nitriles is 1. The van der Waals surface area contributed by atoms with Gasteiger partial charge in [0.2, 0.25) is 0 Å². The molecule has 0 fully saturated rings. The van der Waals surface area contributed by atoms with E-state index in [2.05, 4.69) is 15.4 Å². The highest BCUT2D eigenvalue weighted by molar-refractivity contribution is 6.04. The third kappa shape index (κ3) is 3.72. The molecular formula is C22H15N5O3. The van der Waals surface area contributed by atoms with Gasteiger partial charge in [-0.2, -0.15) is 15.0 Å². The van der Waals surface area contributed by atoms with E-state index in [4.69, 9.17) is 4.74 Å². The number of carbonyl (C=O) groups excluding carboxylic acids is 2. The number of ether oxygens (including phenoxy) is 1. The number of fused-ring (bicyclic) bond motifs is 1. The molecule has 2 aromatic heterocycles. The number of nitrogens with one attached hydrogen (secondary N) is 1. The summed E-state index contributed by atoms with van der Waals surface area (Å²) in [6.07, 6.45) is 1.37. The van der Waals surface area contributed by atoms with Gasteiger partial charge in [0.15, 0.2) is 11.6 Å². The molecule has 0 atom stereocenters. The van der Waals surface area contributed by atoms with Gasteiger partial charge in [0, 0.05) is 17.9 Å². The van der Waals surface area contributed by atoms with Crippen LogP contribution >= 0.6 is 0 Å². The number of rotatable bonds is 4. The van der Waals surface area contributed by atoms with Crippen LogP contribution in [0.4, 0.5) is 5.82 Å². The molecule has 0 saturated heterocycles. The van der Waals surface area contributed by atoms with Gasteiger partial charge in [-0.1, -0.05) is 18.2 Å². The van der Waals surface area contributed by atoms with Crippen molar-refractivity contribution in [3.05, 3.63) is 78.0 Å². The van der Waals surface area contributed by atoms with Crippen molar-refractivity contribution in [2.24, 2.45) is 0 Å². The monoisotopic (exact) mass is 397 g/mol. The van der Waals surface area contributed by atoms with Crippen LogP contribution < -0.4 is 10.1 Å². The lowest BCUT2D eigenvalue weighted by molar-refractivity contribution is -0.131. The lowest BCUT2D eigenvalue weighted by Gasteiger charge is -2.10. The topological polar surface area (TPSA) is 110 Å². The van der Waals surface area contributed by atoms with Crippen molar-refractivity contribution >= 4 is 28.6 Å². The molecule has 4 rings (SSSR count). The summed E-state index contributed by atoms with van der Waals surface area (Å²) in [6.45, 7) is 1.30. The van der Waals surface area contributed by atoms with E-state index in [-0.39, 0.29) is 11.4 Å². The molecule has 4 aromatic rings. The minimum absolute atomic E-state index is 0.204. The second kappa shape index (κ2) is 7.85. The number of pyridine rings is 1. The number of anilines is 1. The summed E-state index contributed by atoms with van der Waals surface area (Å²) < 4.78 is 6.38. The fraction of sp³-hybridized carbons (Fsp3) is 0.0455. The van der Waals surface area contributed by atoms with Gasteiger partial charge < -0.3 is 10.1 Å². The fourth-order valence-corrected chi connectivity index (χ4v) is 2.92. The van der Waals surface area contributed by atoms with Crippen molar-refractivity contribution in [1.82, 2.24) is 14.8 Å². The molecule has 0 unspecified atom stereocenters. The molecule has 2 heterocycles. The van der Waals surface area contributed by atoms with Crippen LogP contribution in [-0.2, 0) is 4.79 Å². The van der Waals surface area contributed by atoms with Crippen molar-refractivity contribution < 1.29 is 14.3 Å². The first-order chi connectivity index (χ1) is 14.5. The summed E-state index contributed by atoms with van der Waals surface area (Å²) >= 11 is 0. The number of carbonyl (C=O) groups is 2. The number of hydrogen-bond donors (Lipinski definition) is 1. The van der Waals surface area contributed by atoms with E-state index in [0.717, 1.165) is 10.9 Å². The van der Waals surface area contributed by atoms with Crippen molar-refractivity contribution in [3.63, 3.8) is 0 Å². The molecule has 8 heteroatoms. The third-order valence-electron chi connectivity index (χ3n) is 4.30. The van der Waals surface area contributed by atoms with Crippen molar-refractivity contribution in [2.45, 2.75) is 6.92 Å². The molecule has 0 radical (unpaired) electrons. The van der Waals surface area contributed by atoms with Gasteiger partial charge in [-0.15, -0.1) is 0 Å². The summed E-state index contributed by atoms with van der Waals surface area (Å²) in [4.78, 5) is 28.3. The van der Waals surface area contributed by atoms with Crippen LogP contribution in [-0.4, -0.2) is 26.6 Å². The highest BCUT2D eigenvalue weighted by Gasteiger charge is 2.17. The van der Waals surface area contributed by atoms with Gasteiger partial charge in [-0.3, -0.25) is 9.59 Å². The number of para-hydroxylation sites is 1. The Morgan fingerprint density at radius 1 is 1.07 bits per heavy atom. The molecule has 8 nitrogen and oxygen atoms in total. The smallest absolute Gasteiger partial charge is 0.308 e. The van der Waals surface area contributed by atoms with Crippen LogP contribution in [0.5, 0.6) is 5.75 Å². The quantitative estimate of drug-likeness (QED) is 0.417. The fourth-order valence-electron chi connectivity index (χ4n) is 2.92. The number of benzene rings is 2. The maximum Gasteiger partial charge on any atom is 0.308 e. The van der Waals surface area contributed by atoms with Crippen molar-refractivity contribution in [3.8, 4) is 17.6 Å². The first-order valence-corrected chi connectivity index (χ1v) is 8.99. The minimum atomic E-state index is -0.447. The number of aromatic nitrogens is 3. The summed E-state index contributed by atoms with van der Waals surface area (Å²) in [7, 11) is 0. The van der Waals surface area contributed by atoms with Gasteiger partial charge in [0.05, 0.1) is 11.7 Å². The van der Waals surface area contributed by atoms with Crippen LogP contribution in [0.3, 0.4) is 0 Å². The average Bonchev–Trinajstić information content (AvgIpc) is 3.16. The van der Waals surface area contributed by atoms with Gasteiger partial charge in [0.1, 0.15) is 17.4 Å². The highest BCUT2D eigenvalue weighted by Crippen LogP contribution is 2.22. The lowest BCUT2D eigenvalue weighted by Crippen LogP contribution is -2.16. The zero-order chi connectivity index (χ0) is 21.1. The Kier molecular flexibility index (Phi) is 4.93. The number of nitrogens with zero attached hydrogens (tertiary/aromatic N) is 4. The van der Waals surface area contributed by atoms with Gasteiger partial charge in [-0.05, 0) is 42.5 Å². The zero-order valence-electron chi connectivity index (χ0n) is 15.9. The third-order valence-corrected chi connectivity index (χ3v) is 4.30. The molecule has 0 aliphatic heterocycles. The first-order valence-electron chi connectivity index (χ1n) is 8.99. The average molecular weight is 397 g/mol. The molecule has 0 saturated carbocycles. The van der Waals surface area contributed by atoms with E-state index >= 15 is 0 Å². The maximum absolute atomic E-state index is 12.7. The predicted molar refractivity (Wildman–Crippen MR) is 109 cm³/mol. The van der Waals surface area contributed by atoms with E-state index < -0.39 is 11.9 Å². The highest BCUT2D eigenvalue weighted by atomic mass is 16.5. The maximum atomic E-state index is 12.7. The molecule has 1 N–H and O–H groups in total. The second-order valence-corrected chi connectivity index (χ2v) is 6.36. The first kappa shape index (κ1) is 18.8. The van der Waals surface area contributed by atoms with Gasteiger partial charge in [-0.25, -0.2) is 4.98 Å². The SMILES string of the molecule is CC(=O)Oc1ccc(C(=O)Nc2c(C#N)cnn2-c2ccc3ccccc3n2)cc1. The van der Waals surface area contributed by atoms with Crippen LogP contribution in [0.25, 0.3) is 16.7 Å². The Morgan fingerprint density at radius 2 is 1.83 bits per heavy atom. The Balaban J connectivity index is 1.65. The molecule has 1 amide bonds. The Bertz CT molecular complexity index is 1300. The second-order valence-electron chi connectivity index (χ2n) is 6.36. The molecule has 2 aromatic carbocycles. The molecular weight excluding hydrogens is 382 g/mol. The van der Waals surface area contributed by atoms with Crippen molar-refractivity contribution in [1.29, 1.82) is 5.26 Å². The summed E-state index contributed by atoms with van der Waals surface area (Å²) in [5.74, 6) is 0.133. The summed E-state index contributed by atoms with van der Waals surface area (Å²) in [6, 6.07) is 19.4. The molecule has 0 bridgehead atoms. The zero-order valence-corrected chi connectivity index (χ0v) is 15.9. The Hall–Kier alpha value is -4.51. The van der Waals surface area contributed by atoms with Crippen LogP contribution in [0.2, 0.25) is 0 Å². The Morgan fingerprint density at radius 3 is 2.57 bits per heavy atom. The molecule has 0 spiro atoms. The summed E-state index contributed by atoms with van der Waals surface area (Å²) in [5, 5.41) is 17.3. The van der Waals surface area contributed by atoms with E-state index in [9.17, 15) is 14.9 Å². The van der Waals surface area contributed by atoms with E-state index in [1.54, 1.807) is 6.07 Å². The van der Waals surface area contributed by atoms with E-state index in [0.29, 0.717) is 17.1 Å². The van der Waals surface area contributed by atoms with Crippen molar-refractivity contribution in [2.75, 3.05) is 5.32 Å². The number of hydrogen-bond acceptors (Lipinski definition) is 6. The van der Waals surface area contributed by atoms with Crippen LogP contribution in [0.1, 0.15) is 22.8 Å². The normalized spacial score (nSPS) is 10.4. The van der Waals surface area contributed by atoms with Gasteiger partial charge >= 0.3 is 5.97 Å². The molecule has 146 valence electrons. The molecule has 30 heavy (non-hydrogen) atoms. The summed E-state index contributed by atoms with van der Waals surface area (Å²) in [5.41, 5.74) is 1.30. The lowest BCUT2D eigenvalue weighted by atomic mass is 10.2. The van der Waals surface area contributed by atoms with E-state index in [1.165, 1.54) is 42.1 Å². The molecule has 0 aliphatic rings. The minimum Gasteiger partial charge on any atom is -0.427 e. The largest absolute Gasteiger partial charge is 0.427 e. The van der Waals surface area contributed by atoms with Crippen LogP contribution in [0.15, 0.2) is 66.9 Å². The van der Waals surface area contributed by atoms with E-state index in [1.807, 2.05) is 36.4 Å². The van der Waals surface area contributed by atoms with Crippen LogP contribution in [0, 0.1) is 11.3 Å². The van der Waals surface area contributed by atoms with Gasteiger partial charge in [0.25, 0.3) is 5.91 Å². The molecule has 0 aliphatic carbocycles. The number of amides is 1. The Labute approximate surface area is 171 Å². The standard InChI is InChI=1S/C22H15N5O3/c1-14(28)30-18-9-6-16(7-10-18)22(29)26-21-17(12-23)13-24-27(21)20-11-8-15-4-2-3-5-19(15)25-20/h2-11,13H,1H3,(H,26,29). The predicted octanol–water partition coefficient (Wildman–Crippen LogP) is 3.47.